The SMILES string of the molecule is CC(C)c1ccc(CSc2ccc(CC(=O)O)cc2)cc1. The van der Waals surface area contributed by atoms with Crippen LogP contribution in [-0.4, -0.2) is 11.1 Å². The fourth-order valence-corrected chi connectivity index (χ4v) is 2.90. The first-order chi connectivity index (χ1) is 10.0. The molecule has 0 aliphatic heterocycles. The van der Waals surface area contributed by atoms with Crippen LogP contribution in [0.3, 0.4) is 0 Å². The number of benzene rings is 2. The van der Waals surface area contributed by atoms with E-state index in [0.717, 1.165) is 16.2 Å². The van der Waals surface area contributed by atoms with E-state index in [0.29, 0.717) is 5.92 Å². The van der Waals surface area contributed by atoms with Gasteiger partial charge in [0.25, 0.3) is 0 Å². The van der Waals surface area contributed by atoms with Gasteiger partial charge in [0.05, 0.1) is 6.42 Å². The molecule has 0 aromatic heterocycles. The average Bonchev–Trinajstić information content (AvgIpc) is 2.46. The summed E-state index contributed by atoms with van der Waals surface area (Å²) in [4.78, 5) is 11.8. The van der Waals surface area contributed by atoms with Gasteiger partial charge in [-0.15, -0.1) is 11.8 Å². The summed E-state index contributed by atoms with van der Waals surface area (Å²) >= 11 is 1.77. The molecule has 2 aromatic rings. The van der Waals surface area contributed by atoms with E-state index in [9.17, 15) is 4.79 Å². The van der Waals surface area contributed by atoms with Gasteiger partial charge in [-0.2, -0.15) is 0 Å². The number of carboxylic acid groups (broad SMARTS) is 1. The zero-order valence-corrected chi connectivity index (χ0v) is 13.2. The molecule has 0 aliphatic rings. The molecule has 0 bridgehead atoms. The second-order valence-corrected chi connectivity index (χ2v) is 6.45. The summed E-state index contributed by atoms with van der Waals surface area (Å²) in [6.07, 6.45) is 0.0849. The number of aliphatic carboxylic acids is 1. The summed E-state index contributed by atoms with van der Waals surface area (Å²) in [6, 6.07) is 16.5. The monoisotopic (exact) mass is 300 g/mol. The predicted octanol–water partition coefficient (Wildman–Crippen LogP) is 4.73. The van der Waals surface area contributed by atoms with Gasteiger partial charge in [-0.3, -0.25) is 4.79 Å². The Bertz CT molecular complexity index is 586. The molecule has 2 nitrogen and oxygen atoms in total. The fourth-order valence-electron chi connectivity index (χ4n) is 2.04. The maximum absolute atomic E-state index is 10.6. The Morgan fingerprint density at radius 2 is 1.57 bits per heavy atom. The highest BCUT2D eigenvalue weighted by Crippen LogP contribution is 2.24. The predicted molar refractivity (Wildman–Crippen MR) is 87.9 cm³/mol. The van der Waals surface area contributed by atoms with Crippen molar-refractivity contribution in [1.29, 1.82) is 0 Å². The Labute approximate surface area is 130 Å². The molecule has 2 aromatic carbocycles. The molecule has 0 aliphatic carbocycles. The molecule has 21 heavy (non-hydrogen) atoms. The molecule has 0 unspecified atom stereocenters. The van der Waals surface area contributed by atoms with Crippen molar-refractivity contribution in [1.82, 2.24) is 0 Å². The Kier molecular flexibility index (Phi) is 5.45. The van der Waals surface area contributed by atoms with Crippen molar-refractivity contribution in [2.24, 2.45) is 0 Å². The van der Waals surface area contributed by atoms with Gasteiger partial charge in [-0.25, -0.2) is 0 Å². The minimum atomic E-state index is -0.791. The number of thioether (sulfide) groups is 1. The van der Waals surface area contributed by atoms with E-state index in [-0.39, 0.29) is 6.42 Å². The largest absolute Gasteiger partial charge is 0.481 e. The van der Waals surface area contributed by atoms with Gasteiger partial charge in [0.2, 0.25) is 0 Å². The van der Waals surface area contributed by atoms with Gasteiger partial charge in [-0.05, 0) is 34.7 Å². The Morgan fingerprint density at radius 3 is 2.10 bits per heavy atom. The molecule has 0 saturated heterocycles. The molecule has 0 amide bonds. The van der Waals surface area contributed by atoms with E-state index in [1.807, 2.05) is 24.3 Å². The molecule has 0 heterocycles. The van der Waals surface area contributed by atoms with Crippen LogP contribution in [0.5, 0.6) is 0 Å². The standard InChI is InChI=1S/C18H20O2S/c1-13(2)16-7-3-15(4-8-16)12-21-17-9-5-14(6-10-17)11-18(19)20/h3-10,13H,11-12H2,1-2H3,(H,19,20). The van der Waals surface area contributed by atoms with Crippen LogP contribution in [0.1, 0.15) is 36.5 Å². The maximum atomic E-state index is 10.6. The second-order valence-electron chi connectivity index (χ2n) is 5.40. The maximum Gasteiger partial charge on any atom is 0.307 e. The summed E-state index contributed by atoms with van der Waals surface area (Å²) in [5.74, 6) is 0.700. The molecule has 110 valence electrons. The highest BCUT2D eigenvalue weighted by atomic mass is 32.2. The Morgan fingerprint density at radius 1 is 1.00 bits per heavy atom. The molecule has 0 saturated carbocycles. The number of hydrogen-bond acceptors (Lipinski definition) is 2. The second kappa shape index (κ2) is 7.32. The van der Waals surface area contributed by atoms with Crippen LogP contribution in [0, 0.1) is 0 Å². The number of carbonyl (C=O) groups is 1. The van der Waals surface area contributed by atoms with Gasteiger partial charge in [0.15, 0.2) is 0 Å². The van der Waals surface area contributed by atoms with Crippen LogP contribution in [-0.2, 0) is 17.0 Å². The lowest BCUT2D eigenvalue weighted by Crippen LogP contribution is -1.99. The molecular weight excluding hydrogens is 280 g/mol. The first kappa shape index (κ1) is 15.6. The van der Waals surface area contributed by atoms with Crippen LogP contribution < -0.4 is 0 Å². The summed E-state index contributed by atoms with van der Waals surface area (Å²) in [7, 11) is 0. The lowest BCUT2D eigenvalue weighted by atomic mass is 10.0. The molecular formula is C18H20O2S. The number of hydrogen-bond donors (Lipinski definition) is 1. The van der Waals surface area contributed by atoms with Crippen molar-refractivity contribution in [3.8, 4) is 0 Å². The van der Waals surface area contributed by atoms with E-state index in [2.05, 4.69) is 38.1 Å². The lowest BCUT2D eigenvalue weighted by molar-refractivity contribution is -0.136. The normalized spacial score (nSPS) is 10.8. The summed E-state index contributed by atoms with van der Waals surface area (Å²) in [5.41, 5.74) is 3.51. The number of rotatable bonds is 6. The van der Waals surface area contributed by atoms with E-state index in [4.69, 9.17) is 5.11 Å². The fraction of sp³-hybridized carbons (Fsp3) is 0.278. The summed E-state index contributed by atoms with van der Waals surface area (Å²) < 4.78 is 0. The van der Waals surface area contributed by atoms with Crippen LogP contribution in [0.15, 0.2) is 53.4 Å². The summed E-state index contributed by atoms with van der Waals surface area (Å²) in [5, 5.41) is 8.74. The molecule has 1 N–H and O–H groups in total. The van der Waals surface area contributed by atoms with E-state index < -0.39 is 5.97 Å². The van der Waals surface area contributed by atoms with Crippen molar-refractivity contribution < 1.29 is 9.90 Å². The zero-order chi connectivity index (χ0) is 15.2. The summed E-state index contributed by atoms with van der Waals surface area (Å²) in [6.45, 7) is 4.39. The van der Waals surface area contributed by atoms with Gasteiger partial charge < -0.3 is 5.11 Å². The van der Waals surface area contributed by atoms with Gasteiger partial charge in [-0.1, -0.05) is 50.2 Å². The van der Waals surface area contributed by atoms with Gasteiger partial charge >= 0.3 is 5.97 Å². The van der Waals surface area contributed by atoms with Crippen molar-refractivity contribution >= 4 is 17.7 Å². The minimum Gasteiger partial charge on any atom is -0.481 e. The quantitative estimate of drug-likeness (QED) is 0.784. The Balaban J connectivity index is 1.91. The van der Waals surface area contributed by atoms with Crippen molar-refractivity contribution in [3.63, 3.8) is 0 Å². The molecule has 0 fully saturated rings. The van der Waals surface area contributed by atoms with Crippen LogP contribution >= 0.6 is 11.8 Å². The van der Waals surface area contributed by atoms with Gasteiger partial charge in [0.1, 0.15) is 0 Å². The topological polar surface area (TPSA) is 37.3 Å². The molecule has 0 spiro atoms. The first-order valence-corrected chi connectivity index (χ1v) is 8.05. The zero-order valence-electron chi connectivity index (χ0n) is 12.4. The van der Waals surface area contributed by atoms with Crippen molar-refractivity contribution in [2.45, 2.75) is 36.8 Å². The van der Waals surface area contributed by atoms with Crippen LogP contribution in [0.25, 0.3) is 0 Å². The smallest absolute Gasteiger partial charge is 0.307 e. The molecule has 3 heteroatoms. The highest BCUT2D eigenvalue weighted by molar-refractivity contribution is 7.98. The average molecular weight is 300 g/mol. The number of carboxylic acids is 1. The molecule has 0 radical (unpaired) electrons. The van der Waals surface area contributed by atoms with Crippen LogP contribution in [0.2, 0.25) is 0 Å². The van der Waals surface area contributed by atoms with E-state index >= 15 is 0 Å². The van der Waals surface area contributed by atoms with Crippen LogP contribution in [0.4, 0.5) is 0 Å². The van der Waals surface area contributed by atoms with E-state index in [1.165, 1.54) is 11.1 Å². The highest BCUT2D eigenvalue weighted by Gasteiger charge is 2.02. The van der Waals surface area contributed by atoms with E-state index in [1.54, 1.807) is 11.8 Å². The van der Waals surface area contributed by atoms with Crippen molar-refractivity contribution in [2.75, 3.05) is 0 Å². The van der Waals surface area contributed by atoms with Gasteiger partial charge in [0, 0.05) is 10.6 Å². The van der Waals surface area contributed by atoms with Crippen molar-refractivity contribution in [3.05, 3.63) is 65.2 Å². The lowest BCUT2D eigenvalue weighted by Gasteiger charge is -2.07. The molecule has 0 atom stereocenters. The first-order valence-electron chi connectivity index (χ1n) is 7.07. The third kappa shape index (κ3) is 4.94. The molecule has 2 rings (SSSR count). The Hall–Kier alpha value is -1.74. The third-order valence-electron chi connectivity index (χ3n) is 3.33. The minimum absolute atomic E-state index is 0.0849. The third-order valence-corrected chi connectivity index (χ3v) is 4.41.